The number of hydrogen-bond donors (Lipinski definition) is 3. The van der Waals surface area contributed by atoms with Gasteiger partial charge < -0.3 is 10.6 Å². The van der Waals surface area contributed by atoms with Gasteiger partial charge >= 0.3 is 0 Å². The van der Waals surface area contributed by atoms with Crippen LogP contribution in [0.5, 0.6) is 0 Å². The van der Waals surface area contributed by atoms with Crippen molar-refractivity contribution < 1.29 is 18.0 Å². The van der Waals surface area contributed by atoms with Crippen LogP contribution in [0.15, 0.2) is 53.4 Å². The molecule has 0 radical (unpaired) electrons. The number of carbonyl (C=O) groups excluding carboxylic acids is 2. The highest BCUT2D eigenvalue weighted by atomic mass is 32.2. The summed E-state index contributed by atoms with van der Waals surface area (Å²) in [6, 6.07) is 12.0. The number of aryl methyl sites for hydroxylation is 1. The number of amides is 2. The predicted molar refractivity (Wildman–Crippen MR) is 105 cm³/mol. The van der Waals surface area contributed by atoms with Crippen molar-refractivity contribution in [3.05, 3.63) is 54.1 Å². The molecule has 0 spiro atoms. The third-order valence-corrected chi connectivity index (χ3v) is 5.31. The van der Waals surface area contributed by atoms with Crippen LogP contribution in [0.1, 0.15) is 25.8 Å². The van der Waals surface area contributed by atoms with Crippen LogP contribution in [0.4, 0.5) is 11.4 Å². The molecule has 2 aromatic rings. The van der Waals surface area contributed by atoms with E-state index in [1.807, 2.05) is 6.92 Å². The van der Waals surface area contributed by atoms with E-state index in [9.17, 15) is 18.0 Å². The number of benzene rings is 2. The SMILES string of the molecule is CC[C@H](NS(=O)(=O)c1ccc(C)cc1)C(=O)Nc1ccc(NC(C)=O)cc1. The normalized spacial score (nSPS) is 12.3. The van der Waals surface area contributed by atoms with Crippen LogP contribution in [-0.4, -0.2) is 26.3 Å². The van der Waals surface area contributed by atoms with Crippen LogP contribution in [0, 0.1) is 6.92 Å². The summed E-state index contributed by atoms with van der Waals surface area (Å²) >= 11 is 0. The van der Waals surface area contributed by atoms with E-state index in [0.717, 1.165) is 5.56 Å². The lowest BCUT2D eigenvalue weighted by molar-refractivity contribution is -0.118. The number of carbonyl (C=O) groups is 2. The molecule has 0 aliphatic heterocycles. The number of sulfonamides is 1. The fourth-order valence-electron chi connectivity index (χ4n) is 2.36. The average molecular weight is 389 g/mol. The van der Waals surface area contributed by atoms with Crippen molar-refractivity contribution in [3.63, 3.8) is 0 Å². The first-order valence-electron chi connectivity index (χ1n) is 8.49. The summed E-state index contributed by atoms with van der Waals surface area (Å²) in [4.78, 5) is 23.6. The molecule has 0 unspecified atom stereocenters. The standard InChI is InChI=1S/C19H23N3O4S/c1-4-18(22-27(25,26)17-11-5-13(2)6-12-17)19(24)21-16-9-7-15(8-10-16)20-14(3)23/h5-12,18,22H,4H2,1-3H3,(H,20,23)(H,21,24)/t18-/m0/s1. The maximum Gasteiger partial charge on any atom is 0.242 e. The van der Waals surface area contributed by atoms with Gasteiger partial charge in [0.15, 0.2) is 0 Å². The molecule has 0 heterocycles. The first kappa shape index (κ1) is 20.6. The lowest BCUT2D eigenvalue weighted by atomic mass is 10.2. The summed E-state index contributed by atoms with van der Waals surface area (Å²) in [6.45, 7) is 4.99. The van der Waals surface area contributed by atoms with E-state index in [1.165, 1.54) is 19.1 Å². The van der Waals surface area contributed by atoms with E-state index in [0.29, 0.717) is 17.8 Å². The fourth-order valence-corrected chi connectivity index (χ4v) is 3.64. The van der Waals surface area contributed by atoms with Crippen molar-refractivity contribution in [2.45, 2.75) is 38.1 Å². The Kier molecular flexibility index (Phi) is 6.70. The number of hydrogen-bond acceptors (Lipinski definition) is 4. The molecule has 0 saturated carbocycles. The van der Waals surface area contributed by atoms with Gasteiger partial charge in [-0.2, -0.15) is 4.72 Å². The molecule has 2 aromatic carbocycles. The molecule has 0 aliphatic carbocycles. The zero-order valence-corrected chi connectivity index (χ0v) is 16.3. The van der Waals surface area contributed by atoms with E-state index in [2.05, 4.69) is 15.4 Å². The molecule has 0 aromatic heterocycles. The Morgan fingerprint density at radius 2 is 1.44 bits per heavy atom. The van der Waals surface area contributed by atoms with Crippen LogP contribution >= 0.6 is 0 Å². The summed E-state index contributed by atoms with van der Waals surface area (Å²) in [5.74, 6) is -0.649. The molecular weight excluding hydrogens is 366 g/mol. The third kappa shape index (κ3) is 5.90. The topological polar surface area (TPSA) is 104 Å². The van der Waals surface area contributed by atoms with E-state index < -0.39 is 22.0 Å². The largest absolute Gasteiger partial charge is 0.326 e. The average Bonchev–Trinajstić information content (AvgIpc) is 2.61. The Bertz CT molecular complexity index is 907. The molecule has 0 bridgehead atoms. The monoisotopic (exact) mass is 389 g/mol. The quantitative estimate of drug-likeness (QED) is 0.677. The Morgan fingerprint density at radius 1 is 0.926 bits per heavy atom. The summed E-state index contributed by atoms with van der Waals surface area (Å²) in [6.07, 6.45) is 0.293. The van der Waals surface area contributed by atoms with E-state index in [1.54, 1.807) is 43.3 Å². The minimum absolute atomic E-state index is 0.110. The molecule has 3 N–H and O–H groups in total. The third-order valence-electron chi connectivity index (χ3n) is 3.83. The molecule has 144 valence electrons. The highest BCUT2D eigenvalue weighted by Gasteiger charge is 2.24. The fraction of sp³-hybridized carbons (Fsp3) is 0.263. The number of rotatable bonds is 7. The summed E-state index contributed by atoms with van der Waals surface area (Å²) in [5.41, 5.74) is 2.05. The molecule has 0 saturated heterocycles. The lowest BCUT2D eigenvalue weighted by Crippen LogP contribution is -2.43. The van der Waals surface area contributed by atoms with Crippen molar-refractivity contribution in [3.8, 4) is 0 Å². The van der Waals surface area contributed by atoms with Gasteiger partial charge in [0.1, 0.15) is 6.04 Å². The number of nitrogens with one attached hydrogen (secondary N) is 3. The van der Waals surface area contributed by atoms with Gasteiger partial charge in [-0.1, -0.05) is 24.6 Å². The first-order chi connectivity index (χ1) is 12.7. The summed E-state index contributed by atoms with van der Waals surface area (Å²) in [7, 11) is -3.80. The van der Waals surface area contributed by atoms with Crippen LogP contribution < -0.4 is 15.4 Å². The van der Waals surface area contributed by atoms with E-state index in [-0.39, 0.29) is 10.8 Å². The maximum atomic E-state index is 12.5. The molecule has 2 amide bonds. The summed E-state index contributed by atoms with van der Waals surface area (Å²) in [5, 5.41) is 5.31. The van der Waals surface area contributed by atoms with Gasteiger partial charge in [-0.25, -0.2) is 8.42 Å². The lowest BCUT2D eigenvalue weighted by Gasteiger charge is -2.17. The molecule has 8 heteroatoms. The highest BCUT2D eigenvalue weighted by molar-refractivity contribution is 7.89. The Balaban J connectivity index is 2.06. The van der Waals surface area contributed by atoms with Crippen molar-refractivity contribution in [1.82, 2.24) is 4.72 Å². The molecule has 2 rings (SSSR count). The van der Waals surface area contributed by atoms with Gasteiger partial charge in [-0.15, -0.1) is 0 Å². The van der Waals surface area contributed by atoms with Gasteiger partial charge in [-0.05, 0) is 49.7 Å². The molecule has 1 atom stereocenters. The predicted octanol–water partition coefficient (Wildman–Crippen LogP) is 2.65. The second-order valence-corrected chi connectivity index (χ2v) is 7.86. The zero-order valence-electron chi connectivity index (χ0n) is 15.4. The van der Waals surface area contributed by atoms with Gasteiger partial charge in [-0.3, -0.25) is 9.59 Å². The van der Waals surface area contributed by atoms with Crippen LogP contribution in [0.3, 0.4) is 0 Å². The van der Waals surface area contributed by atoms with Gasteiger partial charge in [0.05, 0.1) is 4.90 Å². The molecule has 0 fully saturated rings. The zero-order chi connectivity index (χ0) is 20.0. The van der Waals surface area contributed by atoms with E-state index >= 15 is 0 Å². The molecule has 0 aliphatic rings. The first-order valence-corrected chi connectivity index (χ1v) is 9.97. The summed E-state index contributed by atoms with van der Waals surface area (Å²) < 4.78 is 27.4. The van der Waals surface area contributed by atoms with Crippen LogP contribution in [0.2, 0.25) is 0 Å². The van der Waals surface area contributed by atoms with Crippen molar-refractivity contribution in [2.24, 2.45) is 0 Å². The van der Waals surface area contributed by atoms with Crippen molar-refractivity contribution in [2.75, 3.05) is 10.6 Å². The maximum absolute atomic E-state index is 12.5. The van der Waals surface area contributed by atoms with Gasteiger partial charge in [0, 0.05) is 18.3 Å². The van der Waals surface area contributed by atoms with Gasteiger partial charge in [0.2, 0.25) is 21.8 Å². The molecule has 27 heavy (non-hydrogen) atoms. The van der Waals surface area contributed by atoms with Crippen molar-refractivity contribution in [1.29, 1.82) is 0 Å². The molecule has 7 nitrogen and oxygen atoms in total. The second kappa shape index (κ2) is 8.79. The Labute approximate surface area is 159 Å². The van der Waals surface area contributed by atoms with Crippen molar-refractivity contribution >= 4 is 33.2 Å². The minimum atomic E-state index is -3.80. The number of anilines is 2. The Hall–Kier alpha value is -2.71. The van der Waals surface area contributed by atoms with Gasteiger partial charge in [0.25, 0.3) is 0 Å². The van der Waals surface area contributed by atoms with E-state index in [4.69, 9.17) is 0 Å². The van der Waals surface area contributed by atoms with Crippen LogP contribution in [-0.2, 0) is 19.6 Å². The second-order valence-electron chi connectivity index (χ2n) is 6.14. The smallest absolute Gasteiger partial charge is 0.242 e. The molecular formula is C19H23N3O4S. The highest BCUT2D eigenvalue weighted by Crippen LogP contribution is 2.15. The minimum Gasteiger partial charge on any atom is -0.326 e. The Morgan fingerprint density at radius 3 is 1.93 bits per heavy atom. The van der Waals surface area contributed by atoms with Crippen LogP contribution in [0.25, 0.3) is 0 Å².